The summed E-state index contributed by atoms with van der Waals surface area (Å²) >= 11 is 0. The second-order valence-corrected chi connectivity index (χ2v) is 4.70. The minimum absolute atomic E-state index is 0.0384. The molecule has 1 aromatic carbocycles. The van der Waals surface area contributed by atoms with Crippen molar-refractivity contribution in [2.24, 2.45) is 7.05 Å². The Bertz CT molecular complexity index is 576. The van der Waals surface area contributed by atoms with Gasteiger partial charge in [0.1, 0.15) is 5.69 Å². The number of hydrogen-bond donors (Lipinski definition) is 0. The van der Waals surface area contributed by atoms with Gasteiger partial charge in [-0.3, -0.25) is 9.48 Å². The van der Waals surface area contributed by atoms with Crippen LogP contribution in [0.3, 0.4) is 0 Å². The first kappa shape index (κ1) is 12.6. The fourth-order valence-corrected chi connectivity index (χ4v) is 2.17. The van der Waals surface area contributed by atoms with Gasteiger partial charge in [-0.1, -0.05) is 24.1 Å². The highest BCUT2D eigenvalue weighted by atomic mass is 16.1. The summed E-state index contributed by atoms with van der Waals surface area (Å²) in [6, 6.07) is 7.79. The topological polar surface area (TPSA) is 34.9 Å². The molecule has 0 unspecified atom stereocenters. The van der Waals surface area contributed by atoms with E-state index in [4.69, 9.17) is 0 Å². The van der Waals surface area contributed by atoms with Crippen LogP contribution in [0.1, 0.15) is 39.8 Å². The van der Waals surface area contributed by atoms with Crippen LogP contribution in [-0.4, -0.2) is 15.6 Å². The summed E-state index contributed by atoms with van der Waals surface area (Å²) in [5.74, 6) is 0.0384. The SMILES string of the molecule is CCc1cc(C(=O)c2cc(C)cc(C)c2)n(C)n1. The first-order chi connectivity index (χ1) is 8.51. The quantitative estimate of drug-likeness (QED) is 0.776. The van der Waals surface area contributed by atoms with Crippen molar-refractivity contribution in [2.75, 3.05) is 0 Å². The average molecular weight is 242 g/mol. The van der Waals surface area contributed by atoms with Crippen molar-refractivity contribution < 1.29 is 4.79 Å². The van der Waals surface area contributed by atoms with Crippen LogP contribution in [0.5, 0.6) is 0 Å². The van der Waals surface area contributed by atoms with E-state index in [0.717, 1.165) is 28.8 Å². The summed E-state index contributed by atoms with van der Waals surface area (Å²) in [4.78, 5) is 12.4. The number of hydrogen-bond acceptors (Lipinski definition) is 2. The minimum atomic E-state index is 0.0384. The number of carbonyl (C=O) groups excluding carboxylic acids is 1. The van der Waals surface area contributed by atoms with Crippen LogP contribution in [0.15, 0.2) is 24.3 Å². The number of benzene rings is 1. The molecule has 0 spiro atoms. The Morgan fingerprint density at radius 2 is 1.78 bits per heavy atom. The van der Waals surface area contributed by atoms with Crippen molar-refractivity contribution in [3.63, 3.8) is 0 Å². The molecule has 1 aromatic heterocycles. The highest BCUT2D eigenvalue weighted by Gasteiger charge is 2.15. The van der Waals surface area contributed by atoms with Gasteiger partial charge in [-0.2, -0.15) is 5.10 Å². The number of ketones is 1. The standard InChI is InChI=1S/C15H18N2O/c1-5-13-9-14(17(4)16-13)15(18)12-7-10(2)6-11(3)8-12/h6-9H,5H2,1-4H3. The van der Waals surface area contributed by atoms with Crippen LogP contribution in [0.2, 0.25) is 0 Å². The van der Waals surface area contributed by atoms with Gasteiger partial charge in [0.15, 0.2) is 0 Å². The predicted molar refractivity (Wildman–Crippen MR) is 71.9 cm³/mol. The third kappa shape index (κ3) is 2.35. The minimum Gasteiger partial charge on any atom is -0.287 e. The summed E-state index contributed by atoms with van der Waals surface area (Å²) in [7, 11) is 1.81. The zero-order valence-electron chi connectivity index (χ0n) is 11.3. The lowest BCUT2D eigenvalue weighted by atomic mass is 10.0. The molecule has 3 heteroatoms. The van der Waals surface area contributed by atoms with Gasteiger partial charge < -0.3 is 0 Å². The molecule has 0 saturated carbocycles. The van der Waals surface area contributed by atoms with Crippen molar-refractivity contribution >= 4 is 5.78 Å². The molecule has 3 nitrogen and oxygen atoms in total. The van der Waals surface area contributed by atoms with Crippen molar-refractivity contribution in [2.45, 2.75) is 27.2 Å². The number of aromatic nitrogens is 2. The largest absolute Gasteiger partial charge is 0.287 e. The van der Waals surface area contributed by atoms with Crippen LogP contribution >= 0.6 is 0 Å². The van der Waals surface area contributed by atoms with Crippen molar-refractivity contribution in [3.05, 3.63) is 52.3 Å². The highest BCUT2D eigenvalue weighted by molar-refractivity contribution is 6.08. The van der Waals surface area contributed by atoms with E-state index < -0.39 is 0 Å². The van der Waals surface area contributed by atoms with Gasteiger partial charge in [-0.25, -0.2) is 0 Å². The first-order valence-electron chi connectivity index (χ1n) is 6.17. The molecule has 0 bridgehead atoms. The number of aryl methyl sites for hydroxylation is 4. The number of nitrogens with zero attached hydrogens (tertiary/aromatic N) is 2. The van der Waals surface area contributed by atoms with Crippen LogP contribution in [-0.2, 0) is 13.5 Å². The van der Waals surface area contributed by atoms with E-state index >= 15 is 0 Å². The van der Waals surface area contributed by atoms with Gasteiger partial charge in [0.2, 0.25) is 5.78 Å². The second kappa shape index (κ2) is 4.77. The zero-order valence-corrected chi connectivity index (χ0v) is 11.3. The van der Waals surface area contributed by atoms with E-state index in [9.17, 15) is 4.79 Å². The molecule has 2 aromatic rings. The molecule has 1 heterocycles. The summed E-state index contributed by atoms with van der Waals surface area (Å²) in [5, 5.41) is 4.32. The molecule has 0 aliphatic heterocycles. The van der Waals surface area contributed by atoms with E-state index in [-0.39, 0.29) is 5.78 Å². The third-order valence-electron chi connectivity index (χ3n) is 3.01. The Balaban J connectivity index is 2.44. The lowest BCUT2D eigenvalue weighted by Gasteiger charge is -2.04. The van der Waals surface area contributed by atoms with Crippen LogP contribution in [0.25, 0.3) is 0 Å². The van der Waals surface area contributed by atoms with Crippen molar-refractivity contribution in [1.29, 1.82) is 0 Å². The molecular weight excluding hydrogens is 224 g/mol. The van der Waals surface area contributed by atoms with Gasteiger partial charge in [0.05, 0.1) is 5.69 Å². The van der Waals surface area contributed by atoms with Gasteiger partial charge in [0.25, 0.3) is 0 Å². The molecule has 94 valence electrons. The molecule has 0 N–H and O–H groups in total. The third-order valence-corrected chi connectivity index (χ3v) is 3.01. The lowest BCUT2D eigenvalue weighted by molar-refractivity contribution is 0.103. The number of rotatable bonds is 3. The van der Waals surface area contributed by atoms with E-state index in [1.165, 1.54) is 0 Å². The average Bonchev–Trinajstić information content (AvgIpc) is 2.68. The summed E-state index contributed by atoms with van der Waals surface area (Å²) in [6.45, 7) is 6.04. The Hall–Kier alpha value is -1.90. The van der Waals surface area contributed by atoms with Crippen molar-refractivity contribution in [1.82, 2.24) is 9.78 Å². The van der Waals surface area contributed by atoms with Crippen LogP contribution in [0, 0.1) is 13.8 Å². The van der Waals surface area contributed by atoms with Gasteiger partial charge in [0, 0.05) is 12.6 Å². The normalized spacial score (nSPS) is 10.7. The summed E-state index contributed by atoms with van der Waals surface area (Å²) in [6.07, 6.45) is 0.841. The molecule has 0 aliphatic carbocycles. The second-order valence-electron chi connectivity index (χ2n) is 4.70. The maximum absolute atomic E-state index is 12.4. The maximum atomic E-state index is 12.4. The van der Waals surface area contributed by atoms with Crippen molar-refractivity contribution in [3.8, 4) is 0 Å². The van der Waals surface area contributed by atoms with E-state index in [1.807, 2.05) is 46.0 Å². The Labute approximate surface area is 107 Å². The number of carbonyl (C=O) groups is 1. The Morgan fingerprint density at radius 1 is 1.17 bits per heavy atom. The molecule has 0 atom stereocenters. The molecule has 0 aliphatic rings. The van der Waals surface area contributed by atoms with E-state index in [0.29, 0.717) is 5.69 Å². The van der Waals surface area contributed by atoms with Gasteiger partial charge in [-0.05, 0) is 38.5 Å². The zero-order chi connectivity index (χ0) is 13.3. The highest BCUT2D eigenvalue weighted by Crippen LogP contribution is 2.15. The smallest absolute Gasteiger partial charge is 0.211 e. The fraction of sp³-hybridized carbons (Fsp3) is 0.333. The maximum Gasteiger partial charge on any atom is 0.211 e. The molecule has 0 fully saturated rings. The molecule has 0 saturated heterocycles. The Kier molecular flexibility index (Phi) is 3.32. The molecule has 0 radical (unpaired) electrons. The Morgan fingerprint density at radius 3 is 2.28 bits per heavy atom. The molecule has 0 amide bonds. The molecule has 2 rings (SSSR count). The molecule has 18 heavy (non-hydrogen) atoms. The van der Waals surface area contributed by atoms with Gasteiger partial charge >= 0.3 is 0 Å². The molecular formula is C15H18N2O. The monoisotopic (exact) mass is 242 g/mol. The summed E-state index contributed by atoms with van der Waals surface area (Å²) < 4.78 is 1.67. The predicted octanol–water partition coefficient (Wildman–Crippen LogP) is 2.83. The van der Waals surface area contributed by atoms with Crippen LogP contribution in [0.4, 0.5) is 0 Å². The van der Waals surface area contributed by atoms with Gasteiger partial charge in [-0.15, -0.1) is 0 Å². The van der Waals surface area contributed by atoms with E-state index in [1.54, 1.807) is 4.68 Å². The lowest BCUT2D eigenvalue weighted by Crippen LogP contribution is -2.08. The van der Waals surface area contributed by atoms with Crippen LogP contribution < -0.4 is 0 Å². The van der Waals surface area contributed by atoms with E-state index in [2.05, 4.69) is 11.2 Å². The summed E-state index contributed by atoms with van der Waals surface area (Å²) in [5.41, 5.74) is 4.55. The fourth-order valence-electron chi connectivity index (χ4n) is 2.17. The first-order valence-corrected chi connectivity index (χ1v) is 6.17.